The van der Waals surface area contributed by atoms with Crippen LogP contribution < -0.4 is 4.74 Å². The van der Waals surface area contributed by atoms with Gasteiger partial charge in [-0.1, -0.05) is 0 Å². The highest BCUT2D eigenvalue weighted by atomic mass is 19.4. The fraction of sp³-hybridized carbons (Fsp3) is 0.409. The second-order valence-electron chi connectivity index (χ2n) is 7.98. The molecule has 1 atom stereocenters. The van der Waals surface area contributed by atoms with Crippen molar-refractivity contribution in [3.05, 3.63) is 64.7 Å². The molecule has 4 rings (SSSR count). The number of aromatic amines is 1. The summed E-state index contributed by atoms with van der Waals surface area (Å²) in [5.74, 6) is 0.518. The lowest BCUT2D eigenvalue weighted by molar-refractivity contribution is -0.137. The summed E-state index contributed by atoms with van der Waals surface area (Å²) in [6.07, 6.45) is -1.24. The Balaban J connectivity index is 1.29. The zero-order valence-electron chi connectivity index (χ0n) is 17.8. The Morgan fingerprint density at radius 3 is 2.69 bits per heavy atom. The molecule has 1 amide bonds. The Kier molecular flexibility index (Phi) is 5.94. The van der Waals surface area contributed by atoms with Crippen molar-refractivity contribution < 1.29 is 22.7 Å². The first-order valence-electron chi connectivity index (χ1n) is 10.3. The molecule has 1 unspecified atom stereocenters. The number of nitrogens with one attached hydrogen (secondary N) is 1. The highest BCUT2D eigenvalue weighted by molar-refractivity contribution is 5.95. The number of halogens is 3. The fourth-order valence-electron chi connectivity index (χ4n) is 3.90. The van der Waals surface area contributed by atoms with Crippen LogP contribution in [-0.4, -0.2) is 50.5 Å². The quantitative estimate of drug-likeness (QED) is 0.625. The minimum Gasteiger partial charge on any atom is -0.493 e. The molecule has 1 aliphatic rings. The predicted molar refractivity (Wildman–Crippen MR) is 110 cm³/mol. The monoisotopic (exact) mass is 447 g/mol. The first-order valence-corrected chi connectivity index (χ1v) is 10.3. The van der Waals surface area contributed by atoms with Crippen molar-refractivity contribution in [2.45, 2.75) is 31.9 Å². The summed E-state index contributed by atoms with van der Waals surface area (Å²) >= 11 is 0. The summed E-state index contributed by atoms with van der Waals surface area (Å²) in [7, 11) is 1.79. The number of amides is 1. The number of hydrogen-bond donors (Lipinski definition) is 1. The second-order valence-corrected chi connectivity index (χ2v) is 7.98. The molecular formula is C22H24F3N5O2. The number of rotatable bonds is 6. The first-order chi connectivity index (χ1) is 15.2. The Morgan fingerprint density at radius 1 is 1.28 bits per heavy atom. The van der Waals surface area contributed by atoms with E-state index in [4.69, 9.17) is 4.74 Å². The topological polar surface area (TPSA) is 76.0 Å². The van der Waals surface area contributed by atoms with Gasteiger partial charge in [0, 0.05) is 44.4 Å². The largest absolute Gasteiger partial charge is 0.493 e. The van der Waals surface area contributed by atoms with Crippen molar-refractivity contribution >= 4 is 5.91 Å². The van der Waals surface area contributed by atoms with E-state index in [-0.39, 0.29) is 11.8 Å². The number of carbonyl (C=O) groups excluding carboxylic acids is 1. The standard InChI is InChI=1S/C22H24F3N5O2/c1-14-19(13-29(2)28-14)21(31)30-9-7-15(12-30)20-11-17(26-27-20)8-10-32-18-5-3-16(4-6-18)22(23,24)25/h3-6,11,13,15H,7-10,12H2,1-2H3,(H,26,27). The van der Waals surface area contributed by atoms with Gasteiger partial charge in [-0.05, 0) is 43.7 Å². The summed E-state index contributed by atoms with van der Waals surface area (Å²) in [5, 5.41) is 11.6. The van der Waals surface area contributed by atoms with Crippen molar-refractivity contribution in [1.29, 1.82) is 0 Å². The number of likely N-dealkylation sites (tertiary alicyclic amines) is 1. The van der Waals surface area contributed by atoms with Gasteiger partial charge in [-0.25, -0.2) is 0 Å². The molecule has 10 heteroatoms. The van der Waals surface area contributed by atoms with Crippen molar-refractivity contribution in [3.63, 3.8) is 0 Å². The average Bonchev–Trinajstić information content (AvgIpc) is 3.47. The Bertz CT molecular complexity index is 1090. The molecule has 0 spiro atoms. The van der Waals surface area contributed by atoms with Gasteiger partial charge in [0.15, 0.2) is 0 Å². The number of nitrogens with zero attached hydrogens (tertiary/aromatic N) is 4. The number of hydrogen-bond acceptors (Lipinski definition) is 4. The molecule has 0 aliphatic carbocycles. The van der Waals surface area contributed by atoms with Crippen LogP contribution in [0, 0.1) is 6.92 Å². The highest BCUT2D eigenvalue weighted by Crippen LogP contribution is 2.30. The third-order valence-corrected chi connectivity index (χ3v) is 5.61. The summed E-state index contributed by atoms with van der Waals surface area (Å²) in [5.41, 5.74) is 2.41. The second kappa shape index (κ2) is 8.68. The predicted octanol–water partition coefficient (Wildman–Crippen LogP) is 3.72. The maximum absolute atomic E-state index is 12.8. The van der Waals surface area contributed by atoms with Gasteiger partial charge in [-0.15, -0.1) is 0 Å². The summed E-state index contributed by atoms with van der Waals surface area (Å²) < 4.78 is 45.0. The average molecular weight is 447 g/mol. The van der Waals surface area contributed by atoms with Crippen LogP contribution in [0.1, 0.15) is 45.3 Å². The lowest BCUT2D eigenvalue weighted by Gasteiger charge is -2.15. The fourth-order valence-corrected chi connectivity index (χ4v) is 3.90. The minimum atomic E-state index is -4.36. The molecule has 3 aromatic rings. The molecule has 1 fully saturated rings. The number of carbonyl (C=O) groups is 1. The number of benzene rings is 1. The van der Waals surface area contributed by atoms with E-state index in [1.165, 1.54) is 12.1 Å². The van der Waals surface area contributed by atoms with E-state index in [0.717, 1.165) is 35.6 Å². The number of aryl methyl sites for hydroxylation is 2. The van der Waals surface area contributed by atoms with Crippen LogP contribution in [0.4, 0.5) is 13.2 Å². The Hall–Kier alpha value is -3.30. The van der Waals surface area contributed by atoms with Crippen molar-refractivity contribution in [2.75, 3.05) is 19.7 Å². The molecule has 0 saturated carbocycles. The van der Waals surface area contributed by atoms with Gasteiger partial charge in [-0.2, -0.15) is 23.4 Å². The van der Waals surface area contributed by atoms with Gasteiger partial charge in [-0.3, -0.25) is 14.6 Å². The molecule has 2 aromatic heterocycles. The molecule has 3 heterocycles. The van der Waals surface area contributed by atoms with Gasteiger partial charge < -0.3 is 9.64 Å². The first kappa shape index (κ1) is 21.9. The molecule has 1 aliphatic heterocycles. The summed E-state index contributed by atoms with van der Waals surface area (Å²) in [4.78, 5) is 14.6. The van der Waals surface area contributed by atoms with Crippen LogP contribution >= 0.6 is 0 Å². The van der Waals surface area contributed by atoms with Crippen LogP contribution in [0.15, 0.2) is 36.5 Å². The molecule has 1 aromatic carbocycles. The molecule has 1 N–H and O–H groups in total. The Labute approximate surface area is 183 Å². The van der Waals surface area contributed by atoms with E-state index in [1.54, 1.807) is 17.9 Å². The van der Waals surface area contributed by atoms with Crippen molar-refractivity contribution in [3.8, 4) is 5.75 Å². The minimum absolute atomic E-state index is 0.0150. The van der Waals surface area contributed by atoms with E-state index in [1.807, 2.05) is 17.9 Å². The van der Waals surface area contributed by atoms with Gasteiger partial charge in [0.05, 0.1) is 29.1 Å². The van der Waals surface area contributed by atoms with Crippen LogP contribution in [0.5, 0.6) is 5.75 Å². The lowest BCUT2D eigenvalue weighted by atomic mass is 10.0. The molecule has 7 nitrogen and oxygen atoms in total. The zero-order valence-corrected chi connectivity index (χ0v) is 17.8. The summed E-state index contributed by atoms with van der Waals surface area (Å²) in [6.45, 7) is 3.40. The van der Waals surface area contributed by atoms with Crippen molar-refractivity contribution in [1.82, 2.24) is 24.9 Å². The maximum Gasteiger partial charge on any atom is 0.416 e. The summed E-state index contributed by atoms with van der Waals surface area (Å²) in [6, 6.07) is 6.60. The smallest absolute Gasteiger partial charge is 0.416 e. The number of H-pyrrole nitrogens is 1. The van der Waals surface area contributed by atoms with Gasteiger partial charge in [0.1, 0.15) is 5.75 Å². The molecule has 0 radical (unpaired) electrons. The number of ether oxygens (including phenoxy) is 1. The van der Waals surface area contributed by atoms with E-state index < -0.39 is 11.7 Å². The molecule has 0 bridgehead atoms. The molecular weight excluding hydrogens is 423 g/mol. The van der Waals surface area contributed by atoms with E-state index in [2.05, 4.69) is 15.3 Å². The third kappa shape index (κ3) is 4.79. The van der Waals surface area contributed by atoms with Crippen LogP contribution in [0.2, 0.25) is 0 Å². The van der Waals surface area contributed by atoms with Gasteiger partial charge in [0.2, 0.25) is 0 Å². The van der Waals surface area contributed by atoms with E-state index >= 15 is 0 Å². The van der Waals surface area contributed by atoms with Gasteiger partial charge >= 0.3 is 6.18 Å². The molecule has 170 valence electrons. The van der Waals surface area contributed by atoms with Crippen LogP contribution in [0.3, 0.4) is 0 Å². The van der Waals surface area contributed by atoms with Crippen molar-refractivity contribution in [2.24, 2.45) is 7.05 Å². The maximum atomic E-state index is 12.8. The van der Waals surface area contributed by atoms with Gasteiger partial charge in [0.25, 0.3) is 5.91 Å². The number of aromatic nitrogens is 4. The zero-order chi connectivity index (χ0) is 22.9. The highest BCUT2D eigenvalue weighted by Gasteiger charge is 2.31. The third-order valence-electron chi connectivity index (χ3n) is 5.61. The van der Waals surface area contributed by atoms with Crippen LogP contribution in [-0.2, 0) is 19.6 Å². The lowest BCUT2D eigenvalue weighted by Crippen LogP contribution is -2.28. The Morgan fingerprint density at radius 2 is 2.03 bits per heavy atom. The van der Waals surface area contributed by atoms with Crippen LogP contribution in [0.25, 0.3) is 0 Å². The SMILES string of the molecule is Cc1nn(C)cc1C(=O)N1CCC(c2cc(CCOc3ccc(C(F)(F)F)cc3)[nH]n2)C1. The normalized spacial score (nSPS) is 16.5. The molecule has 1 saturated heterocycles. The van der Waals surface area contributed by atoms with E-state index in [9.17, 15) is 18.0 Å². The number of alkyl halides is 3. The molecule has 32 heavy (non-hydrogen) atoms. The van der Waals surface area contributed by atoms with E-state index in [0.29, 0.717) is 37.4 Å².